The molecular formula is C15H20ClN3. The van der Waals surface area contributed by atoms with E-state index in [0.717, 1.165) is 25.3 Å². The lowest BCUT2D eigenvalue weighted by Crippen LogP contribution is -2.26. The molecule has 1 saturated heterocycles. The van der Waals surface area contributed by atoms with Crippen LogP contribution in [-0.2, 0) is 6.42 Å². The Morgan fingerprint density at radius 1 is 1.11 bits per heavy atom. The Labute approximate surface area is 120 Å². The van der Waals surface area contributed by atoms with Crippen molar-refractivity contribution in [2.45, 2.75) is 25.2 Å². The summed E-state index contributed by atoms with van der Waals surface area (Å²) in [5.41, 5.74) is 2.62. The van der Waals surface area contributed by atoms with Crippen LogP contribution in [0.4, 0.5) is 0 Å². The molecule has 0 aliphatic carbocycles. The number of aromatic nitrogens is 2. The summed E-state index contributed by atoms with van der Waals surface area (Å²) in [4.78, 5) is 8.00. The van der Waals surface area contributed by atoms with E-state index in [9.17, 15) is 0 Å². The second-order valence-corrected chi connectivity index (χ2v) is 4.97. The fraction of sp³-hybridized carbons (Fsp3) is 0.400. The third kappa shape index (κ3) is 3.58. The quantitative estimate of drug-likeness (QED) is 0.906. The lowest BCUT2D eigenvalue weighted by atomic mass is 9.95. The summed E-state index contributed by atoms with van der Waals surface area (Å²) in [5, 5.41) is 3.40. The van der Waals surface area contributed by atoms with Gasteiger partial charge in [0, 0.05) is 24.2 Å². The van der Waals surface area contributed by atoms with Crippen molar-refractivity contribution in [1.29, 1.82) is 0 Å². The van der Waals surface area contributed by atoms with Gasteiger partial charge in [-0.2, -0.15) is 0 Å². The van der Waals surface area contributed by atoms with Gasteiger partial charge in [-0.1, -0.05) is 30.3 Å². The maximum atomic E-state index is 4.51. The maximum Gasteiger partial charge on any atom is 0.110 e. The van der Waals surface area contributed by atoms with Gasteiger partial charge in [0.15, 0.2) is 0 Å². The number of hydrogen-bond donors (Lipinski definition) is 2. The average Bonchev–Trinajstić information content (AvgIpc) is 2.89. The summed E-state index contributed by atoms with van der Waals surface area (Å²) in [6.07, 6.45) is 5.35. The number of nitrogens with zero attached hydrogens (tertiary/aromatic N) is 1. The van der Waals surface area contributed by atoms with Crippen molar-refractivity contribution in [3.63, 3.8) is 0 Å². The minimum Gasteiger partial charge on any atom is -0.345 e. The largest absolute Gasteiger partial charge is 0.345 e. The topological polar surface area (TPSA) is 40.7 Å². The maximum absolute atomic E-state index is 4.51. The van der Waals surface area contributed by atoms with Crippen LogP contribution in [0.25, 0.3) is 0 Å². The minimum absolute atomic E-state index is 0. The number of nitrogens with one attached hydrogen (secondary N) is 2. The summed E-state index contributed by atoms with van der Waals surface area (Å²) in [6, 6.07) is 10.5. The zero-order chi connectivity index (χ0) is 12.2. The Morgan fingerprint density at radius 2 is 1.84 bits per heavy atom. The van der Waals surface area contributed by atoms with Crippen LogP contribution < -0.4 is 5.32 Å². The van der Waals surface area contributed by atoms with Gasteiger partial charge in [0.1, 0.15) is 5.82 Å². The van der Waals surface area contributed by atoms with E-state index in [1.807, 2.05) is 12.3 Å². The SMILES string of the molecule is Cl.c1ccc(Cc2ncc(C3CCNCC3)[nH]2)cc1. The molecule has 0 atom stereocenters. The van der Waals surface area contributed by atoms with Gasteiger partial charge in [0.2, 0.25) is 0 Å². The molecule has 2 heterocycles. The highest BCUT2D eigenvalue weighted by molar-refractivity contribution is 5.85. The third-order valence-electron chi connectivity index (χ3n) is 3.64. The van der Waals surface area contributed by atoms with Gasteiger partial charge < -0.3 is 10.3 Å². The first-order valence-corrected chi connectivity index (χ1v) is 6.70. The highest BCUT2D eigenvalue weighted by atomic mass is 35.5. The smallest absolute Gasteiger partial charge is 0.110 e. The summed E-state index contributed by atoms with van der Waals surface area (Å²) in [7, 11) is 0. The fourth-order valence-electron chi connectivity index (χ4n) is 2.60. The van der Waals surface area contributed by atoms with Crippen molar-refractivity contribution in [3.8, 4) is 0 Å². The van der Waals surface area contributed by atoms with Gasteiger partial charge >= 0.3 is 0 Å². The standard InChI is InChI=1S/C15H19N3.ClH/c1-2-4-12(5-3-1)10-15-17-11-14(18-15)13-6-8-16-9-7-13;/h1-5,11,13,16H,6-10H2,(H,17,18);1H. The number of H-pyrrole nitrogens is 1. The molecule has 102 valence electrons. The van der Waals surface area contributed by atoms with Crippen LogP contribution in [0.2, 0.25) is 0 Å². The number of aromatic amines is 1. The van der Waals surface area contributed by atoms with E-state index in [0.29, 0.717) is 5.92 Å². The number of piperidine rings is 1. The van der Waals surface area contributed by atoms with Crippen molar-refractivity contribution in [2.75, 3.05) is 13.1 Å². The molecule has 3 nitrogen and oxygen atoms in total. The summed E-state index contributed by atoms with van der Waals surface area (Å²) >= 11 is 0. The molecule has 19 heavy (non-hydrogen) atoms. The van der Waals surface area contributed by atoms with Crippen LogP contribution in [-0.4, -0.2) is 23.1 Å². The van der Waals surface area contributed by atoms with Crippen LogP contribution in [0.15, 0.2) is 36.5 Å². The van der Waals surface area contributed by atoms with Gasteiger partial charge in [-0.15, -0.1) is 12.4 Å². The van der Waals surface area contributed by atoms with E-state index < -0.39 is 0 Å². The molecule has 4 heteroatoms. The molecule has 0 saturated carbocycles. The fourth-order valence-corrected chi connectivity index (χ4v) is 2.60. The van der Waals surface area contributed by atoms with Crippen LogP contribution in [0.5, 0.6) is 0 Å². The molecule has 1 aromatic carbocycles. The van der Waals surface area contributed by atoms with Crippen LogP contribution >= 0.6 is 12.4 Å². The summed E-state index contributed by atoms with van der Waals surface area (Å²) in [5.74, 6) is 1.73. The van der Waals surface area contributed by atoms with Crippen molar-refractivity contribution in [1.82, 2.24) is 15.3 Å². The molecular weight excluding hydrogens is 258 g/mol. The van der Waals surface area contributed by atoms with Crippen molar-refractivity contribution >= 4 is 12.4 Å². The van der Waals surface area contributed by atoms with E-state index in [-0.39, 0.29) is 12.4 Å². The molecule has 0 spiro atoms. The normalized spacial score (nSPS) is 16.0. The highest BCUT2D eigenvalue weighted by Crippen LogP contribution is 2.23. The monoisotopic (exact) mass is 277 g/mol. The second kappa shape index (κ2) is 6.73. The molecule has 0 bridgehead atoms. The van der Waals surface area contributed by atoms with Crippen molar-refractivity contribution in [3.05, 3.63) is 53.6 Å². The van der Waals surface area contributed by atoms with E-state index in [1.54, 1.807) is 0 Å². The zero-order valence-electron chi connectivity index (χ0n) is 10.9. The van der Waals surface area contributed by atoms with Crippen molar-refractivity contribution < 1.29 is 0 Å². The van der Waals surface area contributed by atoms with Gasteiger partial charge in [0.05, 0.1) is 0 Å². The van der Waals surface area contributed by atoms with E-state index in [4.69, 9.17) is 0 Å². The predicted octanol–water partition coefficient (Wildman–Crippen LogP) is 2.89. The Kier molecular flexibility index (Phi) is 5.00. The van der Waals surface area contributed by atoms with E-state index in [1.165, 1.54) is 24.1 Å². The molecule has 1 aliphatic heterocycles. The van der Waals surface area contributed by atoms with Crippen LogP contribution in [0.1, 0.15) is 35.8 Å². The van der Waals surface area contributed by atoms with E-state index >= 15 is 0 Å². The first kappa shape index (κ1) is 14.1. The number of halogens is 1. The first-order chi connectivity index (χ1) is 8.92. The molecule has 0 radical (unpaired) electrons. The molecule has 1 aliphatic rings. The predicted molar refractivity (Wildman–Crippen MR) is 79.9 cm³/mol. The number of hydrogen-bond acceptors (Lipinski definition) is 2. The number of benzene rings is 1. The highest BCUT2D eigenvalue weighted by Gasteiger charge is 2.17. The van der Waals surface area contributed by atoms with Crippen LogP contribution in [0.3, 0.4) is 0 Å². The molecule has 0 unspecified atom stereocenters. The minimum atomic E-state index is 0. The van der Waals surface area contributed by atoms with Gasteiger partial charge in [-0.25, -0.2) is 4.98 Å². The van der Waals surface area contributed by atoms with Gasteiger partial charge in [0.25, 0.3) is 0 Å². The lowest BCUT2D eigenvalue weighted by molar-refractivity contribution is 0.454. The molecule has 3 rings (SSSR count). The Morgan fingerprint density at radius 3 is 2.58 bits per heavy atom. The molecule has 2 aromatic rings. The molecule has 1 aromatic heterocycles. The van der Waals surface area contributed by atoms with Crippen molar-refractivity contribution in [2.24, 2.45) is 0 Å². The summed E-state index contributed by atoms with van der Waals surface area (Å²) < 4.78 is 0. The average molecular weight is 278 g/mol. The second-order valence-electron chi connectivity index (χ2n) is 4.97. The zero-order valence-corrected chi connectivity index (χ0v) is 11.7. The molecule has 2 N–H and O–H groups in total. The lowest BCUT2D eigenvalue weighted by Gasteiger charge is -2.21. The van der Waals surface area contributed by atoms with Gasteiger partial charge in [-0.05, 0) is 31.5 Å². The molecule has 0 amide bonds. The molecule has 1 fully saturated rings. The Bertz CT molecular complexity index is 489. The Balaban J connectivity index is 0.00000133. The van der Waals surface area contributed by atoms with E-state index in [2.05, 4.69) is 39.6 Å². The number of imidazole rings is 1. The van der Waals surface area contributed by atoms with Gasteiger partial charge in [-0.3, -0.25) is 0 Å². The third-order valence-corrected chi connectivity index (χ3v) is 3.64. The Hall–Kier alpha value is -1.32. The van der Waals surface area contributed by atoms with Crippen LogP contribution in [0, 0.1) is 0 Å². The summed E-state index contributed by atoms with van der Waals surface area (Å²) in [6.45, 7) is 2.25. The number of rotatable bonds is 3. The first-order valence-electron chi connectivity index (χ1n) is 6.70.